The summed E-state index contributed by atoms with van der Waals surface area (Å²) in [6.45, 7) is 12.5. The Hall–Kier alpha value is -1.05. The quantitative estimate of drug-likeness (QED) is 0.562. The lowest BCUT2D eigenvalue weighted by atomic mass is 9.66. The number of carbonyl (C=O) groups excluding carboxylic acids is 1. The molecule has 0 aliphatic heterocycles. The highest BCUT2D eigenvalue weighted by molar-refractivity contribution is 5.72. The SMILES string of the molecule is C=CC1C(C)C=CC(C(C)C(C)C(=O)OC)C1C. The third kappa shape index (κ3) is 2.85. The van der Waals surface area contributed by atoms with E-state index in [0.29, 0.717) is 29.6 Å². The van der Waals surface area contributed by atoms with Crippen LogP contribution >= 0.6 is 0 Å². The molecule has 0 heterocycles. The number of esters is 1. The van der Waals surface area contributed by atoms with Crippen LogP contribution in [-0.4, -0.2) is 13.1 Å². The maximum atomic E-state index is 11.7. The van der Waals surface area contributed by atoms with Gasteiger partial charge in [0.25, 0.3) is 0 Å². The fraction of sp³-hybridized carbons (Fsp3) is 0.688. The first-order valence-electron chi connectivity index (χ1n) is 6.82. The smallest absolute Gasteiger partial charge is 0.308 e. The van der Waals surface area contributed by atoms with E-state index in [1.54, 1.807) is 0 Å². The van der Waals surface area contributed by atoms with Crippen molar-refractivity contribution in [2.75, 3.05) is 7.11 Å². The van der Waals surface area contributed by atoms with Crippen LogP contribution in [0, 0.1) is 35.5 Å². The van der Waals surface area contributed by atoms with E-state index in [1.165, 1.54) is 7.11 Å². The highest BCUT2D eigenvalue weighted by atomic mass is 16.5. The Morgan fingerprint density at radius 1 is 1.33 bits per heavy atom. The molecule has 0 aromatic heterocycles. The topological polar surface area (TPSA) is 26.3 Å². The molecule has 0 bridgehead atoms. The van der Waals surface area contributed by atoms with E-state index in [0.717, 1.165) is 0 Å². The molecule has 6 unspecified atom stereocenters. The minimum atomic E-state index is -0.114. The molecule has 6 atom stereocenters. The molecule has 0 aromatic carbocycles. The van der Waals surface area contributed by atoms with Crippen LogP contribution in [0.15, 0.2) is 24.8 Å². The molecule has 0 spiro atoms. The van der Waals surface area contributed by atoms with E-state index >= 15 is 0 Å². The molecule has 1 rings (SSSR count). The lowest BCUT2D eigenvalue weighted by molar-refractivity contribution is -0.147. The number of hydrogen-bond acceptors (Lipinski definition) is 2. The first-order chi connectivity index (χ1) is 8.43. The minimum Gasteiger partial charge on any atom is -0.469 e. The molecule has 0 saturated carbocycles. The summed E-state index contributed by atoms with van der Waals surface area (Å²) in [5.41, 5.74) is 0. The third-order valence-electron chi connectivity index (χ3n) is 4.70. The Bertz CT molecular complexity index is 332. The minimum absolute atomic E-state index is 0.0639. The number of allylic oxidation sites excluding steroid dienone is 3. The van der Waals surface area contributed by atoms with Crippen LogP contribution in [-0.2, 0) is 9.53 Å². The molecular weight excluding hydrogens is 224 g/mol. The number of methoxy groups -OCH3 is 1. The Balaban J connectivity index is 2.86. The fourth-order valence-electron chi connectivity index (χ4n) is 3.16. The van der Waals surface area contributed by atoms with Gasteiger partial charge in [-0.05, 0) is 29.6 Å². The Morgan fingerprint density at radius 3 is 2.44 bits per heavy atom. The zero-order valence-corrected chi connectivity index (χ0v) is 12.2. The van der Waals surface area contributed by atoms with Gasteiger partial charge in [-0.25, -0.2) is 0 Å². The van der Waals surface area contributed by atoms with Gasteiger partial charge in [0.2, 0.25) is 0 Å². The van der Waals surface area contributed by atoms with Gasteiger partial charge in [-0.2, -0.15) is 0 Å². The summed E-state index contributed by atoms with van der Waals surface area (Å²) in [6.07, 6.45) is 6.60. The van der Waals surface area contributed by atoms with Crippen molar-refractivity contribution in [3.05, 3.63) is 24.8 Å². The molecule has 102 valence electrons. The summed E-state index contributed by atoms with van der Waals surface area (Å²) in [4.78, 5) is 11.7. The van der Waals surface area contributed by atoms with E-state index < -0.39 is 0 Å². The van der Waals surface area contributed by atoms with E-state index in [2.05, 4.69) is 45.6 Å². The molecule has 0 amide bonds. The van der Waals surface area contributed by atoms with Crippen LogP contribution in [0.5, 0.6) is 0 Å². The Labute approximate surface area is 111 Å². The molecule has 0 aromatic rings. The molecule has 1 aliphatic carbocycles. The molecule has 0 N–H and O–H groups in total. The monoisotopic (exact) mass is 250 g/mol. The van der Waals surface area contributed by atoms with E-state index in [-0.39, 0.29) is 11.9 Å². The maximum Gasteiger partial charge on any atom is 0.308 e. The van der Waals surface area contributed by atoms with Gasteiger partial charge in [0, 0.05) is 0 Å². The Morgan fingerprint density at radius 2 is 1.94 bits per heavy atom. The third-order valence-corrected chi connectivity index (χ3v) is 4.70. The van der Waals surface area contributed by atoms with E-state index in [9.17, 15) is 4.79 Å². The van der Waals surface area contributed by atoms with Crippen molar-refractivity contribution in [2.24, 2.45) is 35.5 Å². The second-order valence-electron chi connectivity index (χ2n) is 5.66. The second-order valence-corrected chi connectivity index (χ2v) is 5.66. The van der Waals surface area contributed by atoms with E-state index in [1.807, 2.05) is 6.92 Å². The van der Waals surface area contributed by atoms with Crippen molar-refractivity contribution >= 4 is 5.97 Å². The predicted octanol–water partition coefficient (Wildman–Crippen LogP) is 3.69. The standard InChI is InChI=1S/C16H26O2/c1-7-14-10(2)8-9-15(13(14)5)11(3)12(4)16(17)18-6/h7-15H,1H2,2-6H3. The molecular formula is C16H26O2. The molecule has 18 heavy (non-hydrogen) atoms. The zero-order chi connectivity index (χ0) is 13.9. The summed E-state index contributed by atoms with van der Waals surface area (Å²) in [5, 5.41) is 0. The summed E-state index contributed by atoms with van der Waals surface area (Å²) in [6, 6.07) is 0. The van der Waals surface area contributed by atoms with Crippen molar-refractivity contribution in [3.8, 4) is 0 Å². The van der Waals surface area contributed by atoms with Crippen LogP contribution in [0.3, 0.4) is 0 Å². The predicted molar refractivity (Wildman–Crippen MR) is 75.0 cm³/mol. The highest BCUT2D eigenvalue weighted by Crippen LogP contribution is 2.40. The van der Waals surface area contributed by atoms with E-state index in [4.69, 9.17) is 4.74 Å². The first kappa shape index (κ1) is 15.0. The highest BCUT2D eigenvalue weighted by Gasteiger charge is 2.36. The van der Waals surface area contributed by atoms with Crippen LogP contribution < -0.4 is 0 Å². The van der Waals surface area contributed by atoms with Crippen LogP contribution in [0.2, 0.25) is 0 Å². The molecule has 2 heteroatoms. The molecule has 2 nitrogen and oxygen atoms in total. The number of rotatable bonds is 4. The van der Waals surface area contributed by atoms with Gasteiger partial charge in [0.05, 0.1) is 13.0 Å². The molecule has 0 saturated heterocycles. The molecule has 0 fully saturated rings. The van der Waals surface area contributed by atoms with Gasteiger partial charge in [0.15, 0.2) is 0 Å². The second kappa shape index (κ2) is 6.21. The summed E-state index contributed by atoms with van der Waals surface area (Å²) < 4.78 is 4.85. The van der Waals surface area contributed by atoms with Gasteiger partial charge >= 0.3 is 5.97 Å². The average molecular weight is 250 g/mol. The maximum absolute atomic E-state index is 11.7. The number of ether oxygens (including phenoxy) is 1. The van der Waals surface area contributed by atoms with Crippen molar-refractivity contribution in [1.82, 2.24) is 0 Å². The van der Waals surface area contributed by atoms with Gasteiger partial charge < -0.3 is 4.74 Å². The van der Waals surface area contributed by atoms with Crippen LogP contribution in [0.4, 0.5) is 0 Å². The average Bonchev–Trinajstić information content (AvgIpc) is 2.37. The van der Waals surface area contributed by atoms with Crippen molar-refractivity contribution < 1.29 is 9.53 Å². The first-order valence-corrected chi connectivity index (χ1v) is 6.82. The lowest BCUT2D eigenvalue weighted by Gasteiger charge is -2.39. The Kier molecular flexibility index (Phi) is 5.18. The van der Waals surface area contributed by atoms with Crippen LogP contribution in [0.25, 0.3) is 0 Å². The zero-order valence-electron chi connectivity index (χ0n) is 12.2. The summed E-state index contributed by atoms with van der Waals surface area (Å²) in [5.74, 6) is 2.08. The van der Waals surface area contributed by atoms with Gasteiger partial charge in [-0.15, -0.1) is 6.58 Å². The summed E-state index contributed by atoms with van der Waals surface area (Å²) >= 11 is 0. The number of carbonyl (C=O) groups is 1. The van der Waals surface area contributed by atoms with Gasteiger partial charge in [-0.1, -0.05) is 45.9 Å². The lowest BCUT2D eigenvalue weighted by Crippen LogP contribution is -2.35. The normalized spacial score (nSPS) is 34.7. The van der Waals surface area contributed by atoms with Crippen LogP contribution in [0.1, 0.15) is 27.7 Å². The summed E-state index contributed by atoms with van der Waals surface area (Å²) in [7, 11) is 1.46. The fourth-order valence-corrected chi connectivity index (χ4v) is 3.16. The van der Waals surface area contributed by atoms with Gasteiger partial charge in [0.1, 0.15) is 0 Å². The molecule has 1 aliphatic rings. The van der Waals surface area contributed by atoms with Gasteiger partial charge in [-0.3, -0.25) is 4.79 Å². The van der Waals surface area contributed by atoms with Crippen molar-refractivity contribution in [2.45, 2.75) is 27.7 Å². The largest absolute Gasteiger partial charge is 0.469 e. The molecule has 0 radical (unpaired) electrons. The van der Waals surface area contributed by atoms with Crippen molar-refractivity contribution in [1.29, 1.82) is 0 Å². The van der Waals surface area contributed by atoms with Crippen molar-refractivity contribution in [3.63, 3.8) is 0 Å². The number of hydrogen-bond donors (Lipinski definition) is 0.